The van der Waals surface area contributed by atoms with Crippen molar-refractivity contribution in [3.05, 3.63) is 5.82 Å². The summed E-state index contributed by atoms with van der Waals surface area (Å²) in [4.78, 5) is 5.31. The van der Waals surface area contributed by atoms with Crippen molar-refractivity contribution in [2.45, 2.75) is 26.3 Å². The molecule has 1 rings (SSSR count). The van der Waals surface area contributed by atoms with Crippen molar-refractivity contribution in [1.82, 2.24) is 20.2 Å². The van der Waals surface area contributed by atoms with E-state index in [4.69, 9.17) is 0 Å². The van der Waals surface area contributed by atoms with Gasteiger partial charge in [0.15, 0.2) is 5.82 Å². The lowest BCUT2D eigenvalue weighted by Gasteiger charge is -1.98. The van der Waals surface area contributed by atoms with Gasteiger partial charge in [-0.2, -0.15) is 4.80 Å². The Balaban J connectivity index is 2.58. The molecule has 0 aliphatic rings. The van der Waals surface area contributed by atoms with E-state index in [1.54, 1.807) is 4.80 Å². The van der Waals surface area contributed by atoms with Crippen LogP contribution >= 0.6 is 0 Å². The molecule has 12 heavy (non-hydrogen) atoms. The monoisotopic (exact) mass is 167 g/mol. The molecule has 0 radical (unpaired) electrons. The van der Waals surface area contributed by atoms with Gasteiger partial charge in [-0.3, -0.25) is 0 Å². The number of hydrogen-bond acceptors (Lipinski definition) is 4. The molecular formula is C7H13N5. The lowest BCUT2D eigenvalue weighted by atomic mass is 10.4. The van der Waals surface area contributed by atoms with Gasteiger partial charge in [0.25, 0.3) is 0 Å². The average Bonchev–Trinajstić information content (AvgIpc) is 2.48. The first kappa shape index (κ1) is 8.83. The summed E-state index contributed by atoms with van der Waals surface area (Å²) in [5, 5.41) is 11.9. The van der Waals surface area contributed by atoms with Crippen molar-refractivity contribution in [2.75, 3.05) is 6.54 Å². The molecule has 0 N–H and O–H groups in total. The molecule has 0 aliphatic heterocycles. The number of tetrazole rings is 1. The van der Waals surface area contributed by atoms with Crippen molar-refractivity contribution in [3.8, 4) is 0 Å². The van der Waals surface area contributed by atoms with E-state index in [0.717, 1.165) is 12.2 Å². The zero-order chi connectivity index (χ0) is 8.97. The van der Waals surface area contributed by atoms with E-state index in [9.17, 15) is 0 Å². The van der Waals surface area contributed by atoms with Crippen LogP contribution in [0.5, 0.6) is 0 Å². The Kier molecular flexibility index (Phi) is 2.90. The van der Waals surface area contributed by atoms with Crippen LogP contribution in [-0.2, 0) is 6.42 Å². The second-order valence-corrected chi connectivity index (χ2v) is 2.82. The van der Waals surface area contributed by atoms with Crippen LogP contribution in [0, 0.1) is 0 Å². The topological polar surface area (TPSA) is 56.0 Å². The Morgan fingerprint density at radius 1 is 1.58 bits per heavy atom. The first-order valence-electron chi connectivity index (χ1n) is 3.95. The molecule has 0 saturated carbocycles. The molecule has 66 valence electrons. The van der Waals surface area contributed by atoms with Crippen LogP contribution in [-0.4, -0.2) is 33.5 Å². The highest BCUT2D eigenvalue weighted by Crippen LogP contribution is 1.98. The second-order valence-electron chi connectivity index (χ2n) is 2.82. The molecule has 0 spiro atoms. The largest absolute Gasteiger partial charge is 0.300 e. The number of aromatic nitrogens is 4. The molecule has 0 unspecified atom stereocenters. The van der Waals surface area contributed by atoms with E-state index in [-0.39, 0.29) is 6.04 Å². The third-order valence-electron chi connectivity index (χ3n) is 1.43. The van der Waals surface area contributed by atoms with E-state index >= 15 is 0 Å². The SMILES string of the molecule is C=NCCc1nnn(C(C)C)n1. The lowest BCUT2D eigenvalue weighted by molar-refractivity contribution is 0.453. The predicted octanol–water partition coefficient (Wildman–Crippen LogP) is 0.497. The summed E-state index contributed by atoms with van der Waals surface area (Å²) in [5.74, 6) is 0.733. The van der Waals surface area contributed by atoms with Gasteiger partial charge < -0.3 is 4.99 Å². The summed E-state index contributed by atoms with van der Waals surface area (Å²) >= 11 is 0. The standard InChI is InChI=1S/C7H13N5/c1-6(2)12-10-7(9-11-12)4-5-8-3/h6H,3-5H2,1-2H3. The molecule has 5 heteroatoms. The average molecular weight is 167 g/mol. The van der Waals surface area contributed by atoms with Gasteiger partial charge in [-0.1, -0.05) is 0 Å². The fourth-order valence-corrected chi connectivity index (χ4v) is 0.754. The highest BCUT2D eigenvalue weighted by atomic mass is 15.6. The minimum Gasteiger partial charge on any atom is -0.300 e. The summed E-state index contributed by atoms with van der Waals surface area (Å²) in [6.07, 6.45) is 0.718. The van der Waals surface area contributed by atoms with Gasteiger partial charge in [0.1, 0.15) is 0 Å². The van der Waals surface area contributed by atoms with Gasteiger partial charge in [-0.05, 0) is 25.8 Å². The highest BCUT2D eigenvalue weighted by molar-refractivity contribution is 5.23. The third-order valence-corrected chi connectivity index (χ3v) is 1.43. The molecule has 1 aromatic heterocycles. The normalized spacial score (nSPS) is 10.6. The summed E-state index contributed by atoms with van der Waals surface area (Å²) in [6.45, 7) is 8.06. The van der Waals surface area contributed by atoms with Crippen molar-refractivity contribution < 1.29 is 0 Å². The predicted molar refractivity (Wildman–Crippen MR) is 46.3 cm³/mol. The Bertz CT molecular complexity index is 252. The maximum Gasteiger partial charge on any atom is 0.176 e. The van der Waals surface area contributed by atoms with Crippen molar-refractivity contribution in [1.29, 1.82) is 0 Å². The van der Waals surface area contributed by atoms with E-state index in [1.807, 2.05) is 13.8 Å². The minimum absolute atomic E-state index is 0.267. The number of hydrogen-bond donors (Lipinski definition) is 0. The Labute approximate surface area is 71.5 Å². The van der Waals surface area contributed by atoms with Crippen molar-refractivity contribution in [2.24, 2.45) is 4.99 Å². The van der Waals surface area contributed by atoms with Crippen molar-refractivity contribution >= 4 is 6.72 Å². The molecule has 5 nitrogen and oxygen atoms in total. The minimum atomic E-state index is 0.267. The smallest absolute Gasteiger partial charge is 0.176 e. The lowest BCUT2D eigenvalue weighted by Crippen LogP contribution is -2.05. The van der Waals surface area contributed by atoms with Crippen LogP contribution < -0.4 is 0 Å². The molecule has 0 aliphatic carbocycles. The summed E-state index contributed by atoms with van der Waals surface area (Å²) in [5.41, 5.74) is 0. The van der Waals surface area contributed by atoms with Gasteiger partial charge in [-0.25, -0.2) is 0 Å². The van der Waals surface area contributed by atoms with Crippen LogP contribution in [0.3, 0.4) is 0 Å². The summed E-state index contributed by atoms with van der Waals surface area (Å²) < 4.78 is 0. The van der Waals surface area contributed by atoms with E-state index in [2.05, 4.69) is 27.1 Å². The van der Waals surface area contributed by atoms with E-state index in [1.165, 1.54) is 0 Å². The van der Waals surface area contributed by atoms with Gasteiger partial charge in [0, 0.05) is 13.0 Å². The van der Waals surface area contributed by atoms with Crippen molar-refractivity contribution in [3.63, 3.8) is 0 Å². The number of nitrogens with zero attached hydrogens (tertiary/aromatic N) is 5. The first-order valence-corrected chi connectivity index (χ1v) is 3.95. The van der Waals surface area contributed by atoms with E-state index < -0.39 is 0 Å². The Hall–Kier alpha value is -1.26. The van der Waals surface area contributed by atoms with Crippen LogP contribution in [0.1, 0.15) is 25.7 Å². The maximum absolute atomic E-state index is 4.15. The Morgan fingerprint density at radius 2 is 2.33 bits per heavy atom. The zero-order valence-electron chi connectivity index (χ0n) is 7.43. The Morgan fingerprint density at radius 3 is 2.83 bits per heavy atom. The quantitative estimate of drug-likeness (QED) is 0.613. The van der Waals surface area contributed by atoms with E-state index in [0.29, 0.717) is 6.54 Å². The number of aliphatic imine (C=N–C) groups is 1. The molecule has 1 heterocycles. The molecule has 0 amide bonds. The van der Waals surface area contributed by atoms with Gasteiger partial charge in [-0.15, -0.1) is 10.2 Å². The molecule has 0 fully saturated rings. The fourth-order valence-electron chi connectivity index (χ4n) is 0.754. The van der Waals surface area contributed by atoms with Crippen LogP contribution in [0.4, 0.5) is 0 Å². The molecular weight excluding hydrogens is 154 g/mol. The fraction of sp³-hybridized carbons (Fsp3) is 0.714. The highest BCUT2D eigenvalue weighted by Gasteiger charge is 2.03. The molecule has 1 aromatic rings. The van der Waals surface area contributed by atoms with Crippen LogP contribution in [0.25, 0.3) is 0 Å². The maximum atomic E-state index is 4.15. The number of rotatable bonds is 4. The molecule has 0 saturated heterocycles. The van der Waals surface area contributed by atoms with Crippen LogP contribution in [0.15, 0.2) is 4.99 Å². The van der Waals surface area contributed by atoms with Gasteiger partial charge >= 0.3 is 0 Å². The molecule has 0 aromatic carbocycles. The van der Waals surface area contributed by atoms with Crippen LogP contribution in [0.2, 0.25) is 0 Å². The summed E-state index contributed by atoms with van der Waals surface area (Å²) in [7, 11) is 0. The molecule has 0 bridgehead atoms. The first-order chi connectivity index (χ1) is 5.74. The second kappa shape index (κ2) is 3.94. The van der Waals surface area contributed by atoms with Gasteiger partial charge in [0.2, 0.25) is 0 Å². The third kappa shape index (κ3) is 2.11. The van der Waals surface area contributed by atoms with Gasteiger partial charge in [0.05, 0.1) is 6.04 Å². The molecule has 0 atom stereocenters. The summed E-state index contributed by atoms with van der Waals surface area (Å²) in [6, 6.07) is 0.267. The zero-order valence-corrected chi connectivity index (χ0v) is 7.43.